The predicted molar refractivity (Wildman–Crippen MR) is 65.0 cm³/mol. The lowest BCUT2D eigenvalue weighted by Crippen LogP contribution is -2.28. The second kappa shape index (κ2) is 4.25. The van der Waals surface area contributed by atoms with Gasteiger partial charge in [0.2, 0.25) is 11.6 Å². The van der Waals surface area contributed by atoms with Crippen molar-refractivity contribution < 1.29 is 13.8 Å². The number of carbonyl (C=O) groups excluding carboxylic acids is 2. The summed E-state index contributed by atoms with van der Waals surface area (Å²) in [5.41, 5.74) is 6.00. The molecule has 88 valence electrons. The third kappa shape index (κ3) is 1.72. The molecule has 2 N–H and O–H groups in total. The van der Waals surface area contributed by atoms with Crippen molar-refractivity contribution in [2.75, 3.05) is 5.75 Å². The van der Waals surface area contributed by atoms with Gasteiger partial charge < -0.3 is 5.73 Å². The van der Waals surface area contributed by atoms with Crippen molar-refractivity contribution in [3.63, 3.8) is 0 Å². The fourth-order valence-electron chi connectivity index (χ4n) is 1.74. The summed E-state index contributed by atoms with van der Waals surface area (Å²) in [7, 11) is -1.52. The van der Waals surface area contributed by atoms with Crippen molar-refractivity contribution in [1.82, 2.24) is 0 Å². The Morgan fingerprint density at radius 2 is 1.65 bits per heavy atom. The first-order valence-corrected chi connectivity index (χ1v) is 6.46. The largest absolute Gasteiger partial charge is 0.394 e. The highest BCUT2D eigenvalue weighted by molar-refractivity contribution is 7.90. The Balaban J connectivity index is 2.66. The van der Waals surface area contributed by atoms with Crippen molar-refractivity contribution in [3.05, 3.63) is 46.0 Å². The van der Waals surface area contributed by atoms with E-state index in [-0.39, 0.29) is 27.5 Å². The predicted octanol–water partition coefficient (Wildman–Crippen LogP) is 1.00. The van der Waals surface area contributed by atoms with Gasteiger partial charge in [0, 0.05) is 16.9 Å². The van der Waals surface area contributed by atoms with Gasteiger partial charge in [0.1, 0.15) is 10.6 Å². The van der Waals surface area contributed by atoms with E-state index in [0.717, 1.165) is 0 Å². The first-order valence-electron chi connectivity index (χ1n) is 5.14. The number of allylic oxidation sites excluding steroid dienone is 2. The Labute approximate surface area is 101 Å². The van der Waals surface area contributed by atoms with E-state index < -0.39 is 22.4 Å². The molecule has 1 aromatic rings. The Morgan fingerprint density at radius 3 is 2.18 bits per heavy atom. The normalized spacial score (nSPS) is 17.0. The smallest absolute Gasteiger partial charge is 0.210 e. The molecule has 2 rings (SSSR count). The third-order valence-corrected chi connectivity index (χ3v) is 3.99. The summed E-state index contributed by atoms with van der Waals surface area (Å²) in [5, 5.41) is 0. The summed E-state index contributed by atoms with van der Waals surface area (Å²) in [6, 6.07) is 6.43. The van der Waals surface area contributed by atoms with Gasteiger partial charge in [0.05, 0.1) is 10.8 Å². The molecule has 1 unspecified atom stereocenters. The van der Waals surface area contributed by atoms with Gasteiger partial charge >= 0.3 is 0 Å². The van der Waals surface area contributed by atoms with E-state index in [1.165, 1.54) is 0 Å². The quantitative estimate of drug-likeness (QED) is 0.848. The monoisotopic (exact) mass is 249 g/mol. The number of hydrogen-bond donors (Lipinski definition) is 1. The Kier molecular flexibility index (Phi) is 2.93. The van der Waals surface area contributed by atoms with Crippen molar-refractivity contribution in [1.29, 1.82) is 0 Å². The minimum absolute atomic E-state index is 0.0591. The molecule has 0 aliphatic heterocycles. The van der Waals surface area contributed by atoms with E-state index in [9.17, 15) is 13.8 Å². The van der Waals surface area contributed by atoms with Crippen LogP contribution in [0.4, 0.5) is 0 Å². The average Bonchev–Trinajstić information content (AvgIpc) is 2.36. The molecule has 1 atom stereocenters. The van der Waals surface area contributed by atoms with Crippen molar-refractivity contribution in [3.8, 4) is 0 Å². The summed E-state index contributed by atoms with van der Waals surface area (Å²) in [5.74, 6) is -0.563. The van der Waals surface area contributed by atoms with Gasteiger partial charge in [-0.2, -0.15) is 0 Å². The number of benzene rings is 1. The van der Waals surface area contributed by atoms with Crippen LogP contribution in [0, 0.1) is 0 Å². The van der Waals surface area contributed by atoms with Crippen LogP contribution in [0.3, 0.4) is 0 Å². The SMILES string of the molecule is CCS(=O)C1=C(N)C(=O)c2ccccc2C1=O. The maximum absolute atomic E-state index is 12.1. The lowest BCUT2D eigenvalue weighted by atomic mass is 9.93. The molecule has 0 heterocycles. The van der Waals surface area contributed by atoms with Gasteiger partial charge in [0.25, 0.3) is 0 Å². The number of ketones is 2. The fraction of sp³-hybridized carbons (Fsp3) is 0.167. The van der Waals surface area contributed by atoms with Crippen molar-refractivity contribution in [2.45, 2.75) is 6.92 Å². The second-order valence-electron chi connectivity index (χ2n) is 3.58. The molecule has 0 bridgehead atoms. The minimum Gasteiger partial charge on any atom is -0.394 e. The molecule has 0 radical (unpaired) electrons. The lowest BCUT2D eigenvalue weighted by molar-refractivity contribution is 0.0980. The molecule has 5 heteroatoms. The maximum Gasteiger partial charge on any atom is 0.210 e. The third-order valence-electron chi connectivity index (χ3n) is 2.60. The molecular weight excluding hydrogens is 238 g/mol. The van der Waals surface area contributed by atoms with Crippen LogP contribution in [0.25, 0.3) is 0 Å². The number of Topliss-reactive ketones (excluding diaryl/α,β-unsaturated/α-hetero) is 2. The van der Waals surface area contributed by atoms with E-state index in [0.29, 0.717) is 0 Å². The molecule has 17 heavy (non-hydrogen) atoms. The summed E-state index contributed by atoms with van der Waals surface area (Å²) in [4.78, 5) is 24.0. The number of rotatable bonds is 2. The van der Waals surface area contributed by atoms with Gasteiger partial charge in [-0.15, -0.1) is 0 Å². The van der Waals surface area contributed by atoms with Gasteiger partial charge in [0.15, 0.2) is 0 Å². The van der Waals surface area contributed by atoms with Crippen LogP contribution in [-0.2, 0) is 10.8 Å². The molecule has 0 saturated carbocycles. The van der Waals surface area contributed by atoms with Crippen LogP contribution in [-0.4, -0.2) is 21.5 Å². The highest BCUT2D eigenvalue weighted by Crippen LogP contribution is 2.25. The van der Waals surface area contributed by atoms with E-state index in [1.807, 2.05) is 0 Å². The van der Waals surface area contributed by atoms with Crippen LogP contribution in [0.1, 0.15) is 27.6 Å². The van der Waals surface area contributed by atoms with E-state index >= 15 is 0 Å². The summed E-state index contributed by atoms with van der Waals surface area (Å²) < 4.78 is 11.7. The highest BCUT2D eigenvalue weighted by atomic mass is 32.2. The van der Waals surface area contributed by atoms with Crippen molar-refractivity contribution >= 4 is 22.4 Å². The first kappa shape index (κ1) is 11.7. The number of nitrogens with two attached hydrogens (primary N) is 1. The Morgan fingerprint density at radius 1 is 1.12 bits per heavy atom. The Bertz CT molecular complexity index is 575. The van der Waals surface area contributed by atoms with Crippen LogP contribution in [0.2, 0.25) is 0 Å². The zero-order chi connectivity index (χ0) is 12.6. The van der Waals surface area contributed by atoms with Crippen LogP contribution >= 0.6 is 0 Å². The average molecular weight is 249 g/mol. The van der Waals surface area contributed by atoms with E-state index in [4.69, 9.17) is 5.73 Å². The molecule has 1 aliphatic carbocycles. The van der Waals surface area contributed by atoms with Gasteiger partial charge in [-0.25, -0.2) is 0 Å². The molecule has 0 aromatic heterocycles. The molecule has 0 fully saturated rings. The van der Waals surface area contributed by atoms with E-state index in [1.54, 1.807) is 31.2 Å². The van der Waals surface area contributed by atoms with Crippen LogP contribution in [0.15, 0.2) is 34.9 Å². The number of carbonyl (C=O) groups is 2. The highest BCUT2D eigenvalue weighted by Gasteiger charge is 2.32. The molecule has 0 amide bonds. The lowest BCUT2D eigenvalue weighted by Gasteiger charge is -2.17. The fourth-order valence-corrected chi connectivity index (χ4v) is 2.69. The number of fused-ring (bicyclic) bond motifs is 1. The van der Waals surface area contributed by atoms with Gasteiger partial charge in [-0.3, -0.25) is 13.8 Å². The summed E-state index contributed by atoms with van der Waals surface area (Å²) in [6.07, 6.45) is 0. The number of hydrogen-bond acceptors (Lipinski definition) is 4. The van der Waals surface area contributed by atoms with Crippen LogP contribution in [0.5, 0.6) is 0 Å². The zero-order valence-corrected chi connectivity index (χ0v) is 10.0. The molecule has 1 aromatic carbocycles. The minimum atomic E-state index is -1.52. The first-order chi connectivity index (χ1) is 8.07. The van der Waals surface area contributed by atoms with Gasteiger partial charge in [-0.1, -0.05) is 31.2 Å². The Hall–Kier alpha value is -1.75. The molecule has 4 nitrogen and oxygen atoms in total. The molecular formula is C12H11NO3S. The zero-order valence-electron chi connectivity index (χ0n) is 9.23. The topological polar surface area (TPSA) is 77.2 Å². The van der Waals surface area contributed by atoms with Crippen molar-refractivity contribution in [2.24, 2.45) is 5.73 Å². The van der Waals surface area contributed by atoms with E-state index in [2.05, 4.69) is 0 Å². The summed E-state index contributed by atoms with van der Waals surface area (Å²) >= 11 is 0. The molecule has 1 aliphatic rings. The maximum atomic E-state index is 12.1. The van der Waals surface area contributed by atoms with Crippen LogP contribution < -0.4 is 5.73 Å². The standard InChI is InChI=1S/C12H11NO3S/c1-2-17(16)12-9(13)10(14)7-5-3-4-6-8(7)11(12)15/h3-6H,2,13H2,1H3. The molecule has 0 saturated heterocycles. The van der Waals surface area contributed by atoms with Gasteiger partial charge in [-0.05, 0) is 0 Å². The summed E-state index contributed by atoms with van der Waals surface area (Å²) in [6.45, 7) is 1.68. The second-order valence-corrected chi connectivity index (χ2v) is 5.26. The molecule has 0 spiro atoms.